The average molecular weight is 318 g/mol. The van der Waals surface area contributed by atoms with Crippen LogP contribution in [0.25, 0.3) is 0 Å². The van der Waals surface area contributed by atoms with E-state index in [2.05, 4.69) is 4.72 Å². The molecule has 0 bridgehead atoms. The Morgan fingerprint density at radius 1 is 1.20 bits per heavy atom. The number of nitrogens with one attached hydrogen (secondary N) is 1. The molecule has 1 aliphatic rings. The van der Waals surface area contributed by atoms with E-state index in [9.17, 15) is 16.8 Å². The maximum Gasteiger partial charge on any atom is 0.243 e. The number of nitrogens with two attached hydrogens (primary N) is 1. The van der Waals surface area contributed by atoms with Crippen LogP contribution in [0.1, 0.15) is 26.2 Å². The number of nitrogen functional groups attached to an aromatic ring is 1. The minimum absolute atomic E-state index is 0.0350. The number of hydrogen-bond donors (Lipinski definition) is 2. The summed E-state index contributed by atoms with van der Waals surface area (Å²) in [6.07, 6.45) is 3.52. The molecule has 0 amide bonds. The summed E-state index contributed by atoms with van der Waals surface area (Å²) in [5, 5.41) is 0. The molecule has 1 aliphatic carbocycles. The summed E-state index contributed by atoms with van der Waals surface area (Å²) in [6.45, 7) is 1.82. The Hall–Kier alpha value is -1.12. The van der Waals surface area contributed by atoms with Crippen molar-refractivity contribution in [2.45, 2.75) is 41.5 Å². The topological polar surface area (TPSA) is 106 Å². The molecule has 1 saturated carbocycles. The molecule has 0 aliphatic heterocycles. The Morgan fingerprint density at radius 3 is 2.25 bits per heavy atom. The summed E-state index contributed by atoms with van der Waals surface area (Å²) in [6, 6.07) is 3.71. The highest BCUT2D eigenvalue weighted by atomic mass is 32.2. The first-order valence-corrected chi connectivity index (χ1v) is 9.55. The lowest BCUT2D eigenvalue weighted by atomic mass is 9.80. The van der Waals surface area contributed by atoms with Gasteiger partial charge in [-0.3, -0.25) is 0 Å². The quantitative estimate of drug-likeness (QED) is 0.802. The van der Waals surface area contributed by atoms with Crippen molar-refractivity contribution in [2.24, 2.45) is 0 Å². The van der Waals surface area contributed by atoms with Crippen LogP contribution >= 0.6 is 0 Å². The van der Waals surface area contributed by atoms with Crippen LogP contribution in [0.3, 0.4) is 0 Å². The van der Waals surface area contributed by atoms with E-state index in [-0.39, 0.29) is 15.5 Å². The Morgan fingerprint density at radius 2 is 1.80 bits per heavy atom. The summed E-state index contributed by atoms with van der Waals surface area (Å²) >= 11 is 0. The van der Waals surface area contributed by atoms with Crippen molar-refractivity contribution in [3.8, 4) is 0 Å². The van der Waals surface area contributed by atoms with E-state index in [1.807, 2.05) is 6.92 Å². The van der Waals surface area contributed by atoms with Gasteiger partial charge in [0.2, 0.25) is 10.0 Å². The van der Waals surface area contributed by atoms with Crippen LogP contribution in [0.4, 0.5) is 5.69 Å². The van der Waals surface area contributed by atoms with Crippen molar-refractivity contribution in [1.29, 1.82) is 0 Å². The van der Waals surface area contributed by atoms with Crippen LogP contribution in [-0.4, -0.2) is 28.6 Å². The molecule has 0 radical (unpaired) electrons. The van der Waals surface area contributed by atoms with Gasteiger partial charge < -0.3 is 5.73 Å². The summed E-state index contributed by atoms with van der Waals surface area (Å²) in [5.41, 5.74) is 5.25. The van der Waals surface area contributed by atoms with Gasteiger partial charge in [0.1, 0.15) is 4.90 Å². The molecule has 2 rings (SSSR count). The van der Waals surface area contributed by atoms with Gasteiger partial charge in [0.25, 0.3) is 0 Å². The van der Waals surface area contributed by atoms with Gasteiger partial charge in [-0.1, -0.05) is 0 Å². The first-order chi connectivity index (χ1) is 9.04. The molecule has 0 atom stereocenters. The predicted molar refractivity (Wildman–Crippen MR) is 76.5 cm³/mol. The van der Waals surface area contributed by atoms with Gasteiger partial charge in [-0.2, -0.15) is 0 Å². The van der Waals surface area contributed by atoms with Crippen molar-refractivity contribution in [1.82, 2.24) is 4.72 Å². The van der Waals surface area contributed by atoms with Crippen molar-refractivity contribution in [2.75, 3.05) is 12.0 Å². The molecular weight excluding hydrogens is 300 g/mol. The van der Waals surface area contributed by atoms with Gasteiger partial charge in [-0.25, -0.2) is 21.6 Å². The van der Waals surface area contributed by atoms with E-state index >= 15 is 0 Å². The van der Waals surface area contributed by atoms with Gasteiger partial charge in [0, 0.05) is 11.8 Å². The van der Waals surface area contributed by atoms with E-state index in [1.54, 1.807) is 0 Å². The number of sulfonamides is 1. The zero-order valence-corrected chi connectivity index (χ0v) is 13.0. The van der Waals surface area contributed by atoms with E-state index in [4.69, 9.17) is 5.73 Å². The molecule has 0 aromatic heterocycles. The second-order valence-electron chi connectivity index (χ2n) is 5.49. The normalized spacial score (nSPS) is 18.5. The summed E-state index contributed by atoms with van der Waals surface area (Å²) in [4.78, 5) is -0.251. The molecule has 1 aromatic rings. The standard InChI is InChI=1S/C12H18N2O4S2/c1-12(6-3-7-12)14-20(17,18)11-8-9(19(2,15)16)4-5-10(11)13/h4-5,8,14H,3,6-7,13H2,1-2H3. The van der Waals surface area contributed by atoms with Crippen LogP contribution in [0.15, 0.2) is 28.0 Å². The maximum absolute atomic E-state index is 12.4. The fourth-order valence-corrected chi connectivity index (χ4v) is 4.51. The van der Waals surface area contributed by atoms with Gasteiger partial charge in [-0.05, 0) is 44.4 Å². The molecule has 0 heterocycles. The van der Waals surface area contributed by atoms with Gasteiger partial charge in [0.15, 0.2) is 9.84 Å². The SMILES string of the molecule is CC1(NS(=O)(=O)c2cc(S(C)(=O)=O)ccc2N)CCC1. The molecule has 0 saturated heterocycles. The van der Waals surface area contributed by atoms with Crippen LogP contribution in [-0.2, 0) is 19.9 Å². The number of sulfone groups is 1. The lowest BCUT2D eigenvalue weighted by Crippen LogP contribution is -2.50. The van der Waals surface area contributed by atoms with Crippen molar-refractivity contribution >= 4 is 25.5 Å². The minimum Gasteiger partial charge on any atom is -0.398 e. The molecule has 8 heteroatoms. The van der Waals surface area contributed by atoms with Crippen molar-refractivity contribution in [3.05, 3.63) is 18.2 Å². The lowest BCUT2D eigenvalue weighted by molar-refractivity contribution is 0.248. The van der Waals surface area contributed by atoms with Crippen molar-refractivity contribution in [3.63, 3.8) is 0 Å². The fraction of sp³-hybridized carbons (Fsp3) is 0.500. The summed E-state index contributed by atoms with van der Waals surface area (Å²) in [7, 11) is -7.32. The van der Waals surface area contributed by atoms with E-state index in [1.165, 1.54) is 12.1 Å². The molecule has 1 aromatic carbocycles. The van der Waals surface area contributed by atoms with Crippen LogP contribution in [0.2, 0.25) is 0 Å². The zero-order valence-electron chi connectivity index (χ0n) is 11.4. The fourth-order valence-electron chi connectivity index (χ4n) is 2.17. The molecule has 112 valence electrons. The van der Waals surface area contributed by atoms with E-state index in [0.717, 1.165) is 31.6 Å². The largest absolute Gasteiger partial charge is 0.398 e. The Labute approximate surface area is 119 Å². The second kappa shape index (κ2) is 4.71. The highest BCUT2D eigenvalue weighted by Crippen LogP contribution is 2.33. The average Bonchev–Trinajstić information content (AvgIpc) is 2.25. The molecule has 3 N–H and O–H groups in total. The first kappa shape index (κ1) is 15.3. The summed E-state index contributed by atoms with van der Waals surface area (Å²) < 4.78 is 50.4. The van der Waals surface area contributed by atoms with Crippen LogP contribution in [0, 0.1) is 0 Å². The molecule has 0 spiro atoms. The third kappa shape index (κ3) is 2.97. The molecule has 20 heavy (non-hydrogen) atoms. The highest BCUT2D eigenvalue weighted by molar-refractivity contribution is 7.91. The number of rotatable bonds is 4. The molecular formula is C12H18N2O4S2. The molecule has 6 nitrogen and oxygen atoms in total. The number of anilines is 1. The zero-order chi connectivity index (χ0) is 15.2. The number of benzene rings is 1. The van der Waals surface area contributed by atoms with E-state index in [0.29, 0.717) is 0 Å². The lowest BCUT2D eigenvalue weighted by Gasteiger charge is -2.38. The van der Waals surface area contributed by atoms with E-state index < -0.39 is 25.4 Å². The predicted octanol–water partition coefficient (Wildman–Crippen LogP) is 0.893. The monoisotopic (exact) mass is 318 g/mol. The molecule has 1 fully saturated rings. The van der Waals surface area contributed by atoms with Gasteiger partial charge in [0.05, 0.1) is 10.6 Å². The molecule has 0 unspecified atom stereocenters. The minimum atomic E-state index is -3.83. The van der Waals surface area contributed by atoms with Crippen LogP contribution < -0.4 is 10.5 Å². The van der Waals surface area contributed by atoms with Gasteiger partial charge in [-0.15, -0.1) is 0 Å². The first-order valence-electron chi connectivity index (χ1n) is 6.17. The van der Waals surface area contributed by atoms with Gasteiger partial charge >= 0.3 is 0 Å². The number of hydrogen-bond acceptors (Lipinski definition) is 5. The highest BCUT2D eigenvalue weighted by Gasteiger charge is 2.37. The smallest absolute Gasteiger partial charge is 0.243 e. The van der Waals surface area contributed by atoms with Crippen LogP contribution in [0.5, 0.6) is 0 Å². The Kier molecular flexibility index (Phi) is 3.60. The summed E-state index contributed by atoms with van der Waals surface area (Å²) in [5.74, 6) is 0. The second-order valence-corrected chi connectivity index (χ2v) is 9.16. The Balaban J connectivity index is 2.46. The Bertz CT molecular complexity index is 735. The third-order valence-electron chi connectivity index (χ3n) is 3.54. The van der Waals surface area contributed by atoms with Crippen molar-refractivity contribution < 1.29 is 16.8 Å². The third-order valence-corrected chi connectivity index (χ3v) is 6.34. The maximum atomic E-state index is 12.4.